The standard InChI is InChI=1S/C16H11F6N3O2/c1-8-3-2-4-12(23-8)25-14(27)13(26)24-11-6-9(15(17,18)19)5-10(7-11)16(20,21)22/h2-7H,1H3,(H,24,26)(H,23,25,27). The Morgan fingerprint density at radius 3 is 1.85 bits per heavy atom. The molecule has 0 atom stereocenters. The van der Waals surface area contributed by atoms with Crippen molar-refractivity contribution in [3.8, 4) is 0 Å². The first kappa shape index (κ1) is 20.2. The summed E-state index contributed by atoms with van der Waals surface area (Å²) in [6, 6.07) is 4.99. The summed E-state index contributed by atoms with van der Waals surface area (Å²) >= 11 is 0. The van der Waals surface area contributed by atoms with E-state index in [9.17, 15) is 35.9 Å². The quantitative estimate of drug-likeness (QED) is 0.601. The van der Waals surface area contributed by atoms with E-state index in [1.54, 1.807) is 18.3 Å². The molecule has 0 fully saturated rings. The molecule has 11 heteroatoms. The van der Waals surface area contributed by atoms with E-state index in [1.165, 1.54) is 12.1 Å². The van der Waals surface area contributed by atoms with Gasteiger partial charge in [0, 0.05) is 11.4 Å². The Kier molecular flexibility index (Phi) is 5.43. The number of pyridine rings is 1. The molecule has 2 rings (SSSR count). The second-order valence-electron chi connectivity index (χ2n) is 5.37. The normalized spacial score (nSPS) is 11.8. The number of hydrogen-bond donors (Lipinski definition) is 2. The van der Waals surface area contributed by atoms with Crippen molar-refractivity contribution in [1.29, 1.82) is 0 Å². The molecule has 144 valence electrons. The lowest BCUT2D eigenvalue weighted by Gasteiger charge is -2.14. The number of rotatable bonds is 2. The zero-order valence-electron chi connectivity index (χ0n) is 13.5. The Morgan fingerprint density at radius 2 is 1.37 bits per heavy atom. The molecule has 2 amide bonds. The molecular formula is C16H11F6N3O2. The highest BCUT2D eigenvalue weighted by molar-refractivity contribution is 6.43. The van der Waals surface area contributed by atoms with E-state index in [2.05, 4.69) is 10.3 Å². The molecule has 1 heterocycles. The van der Waals surface area contributed by atoms with Gasteiger partial charge in [-0.2, -0.15) is 26.3 Å². The summed E-state index contributed by atoms with van der Waals surface area (Å²) in [6.45, 7) is 1.61. The predicted molar refractivity (Wildman–Crippen MR) is 82.7 cm³/mol. The van der Waals surface area contributed by atoms with E-state index < -0.39 is 41.0 Å². The van der Waals surface area contributed by atoms with Crippen molar-refractivity contribution in [1.82, 2.24) is 4.98 Å². The van der Waals surface area contributed by atoms with Crippen LogP contribution in [0.5, 0.6) is 0 Å². The number of benzene rings is 1. The highest BCUT2D eigenvalue weighted by Gasteiger charge is 2.37. The van der Waals surface area contributed by atoms with Crippen LogP contribution in [0.25, 0.3) is 0 Å². The van der Waals surface area contributed by atoms with Gasteiger partial charge in [-0.15, -0.1) is 0 Å². The Bertz CT molecular complexity index is 845. The van der Waals surface area contributed by atoms with Gasteiger partial charge in [0.2, 0.25) is 0 Å². The predicted octanol–water partition coefficient (Wildman–Crippen LogP) is 4.00. The van der Waals surface area contributed by atoms with Crippen LogP contribution in [0.15, 0.2) is 36.4 Å². The van der Waals surface area contributed by atoms with Gasteiger partial charge in [0.1, 0.15) is 5.82 Å². The van der Waals surface area contributed by atoms with Crippen LogP contribution in [-0.2, 0) is 21.9 Å². The average molecular weight is 391 g/mol. The van der Waals surface area contributed by atoms with Gasteiger partial charge in [-0.05, 0) is 37.3 Å². The molecule has 2 N–H and O–H groups in total. The molecule has 0 spiro atoms. The number of amides is 2. The Hall–Kier alpha value is -3.11. The summed E-state index contributed by atoms with van der Waals surface area (Å²) in [7, 11) is 0. The molecule has 2 aromatic rings. The van der Waals surface area contributed by atoms with E-state index in [4.69, 9.17) is 0 Å². The molecule has 0 aliphatic rings. The van der Waals surface area contributed by atoms with Crippen LogP contribution in [0.1, 0.15) is 16.8 Å². The third-order valence-corrected chi connectivity index (χ3v) is 3.18. The van der Waals surface area contributed by atoms with Crippen LogP contribution in [0.3, 0.4) is 0 Å². The molecule has 1 aromatic carbocycles. The van der Waals surface area contributed by atoms with Crippen molar-refractivity contribution in [2.24, 2.45) is 0 Å². The lowest BCUT2D eigenvalue weighted by Crippen LogP contribution is -2.29. The van der Waals surface area contributed by atoms with Crippen LogP contribution in [0.4, 0.5) is 37.8 Å². The zero-order chi connectivity index (χ0) is 20.4. The zero-order valence-corrected chi connectivity index (χ0v) is 13.5. The molecule has 0 unspecified atom stereocenters. The highest BCUT2D eigenvalue weighted by atomic mass is 19.4. The van der Waals surface area contributed by atoms with Crippen LogP contribution in [0, 0.1) is 6.92 Å². The van der Waals surface area contributed by atoms with Crippen LogP contribution < -0.4 is 10.6 Å². The third kappa shape index (κ3) is 5.43. The number of anilines is 2. The van der Waals surface area contributed by atoms with Gasteiger partial charge in [-0.3, -0.25) is 9.59 Å². The fourth-order valence-electron chi connectivity index (χ4n) is 2.00. The maximum atomic E-state index is 12.8. The number of alkyl halides is 6. The minimum atomic E-state index is -5.07. The molecule has 0 saturated heterocycles. The van der Waals surface area contributed by atoms with Crippen LogP contribution in [0.2, 0.25) is 0 Å². The smallest absolute Gasteiger partial charge is 0.318 e. The highest BCUT2D eigenvalue weighted by Crippen LogP contribution is 2.37. The van der Waals surface area contributed by atoms with Crippen molar-refractivity contribution in [3.05, 3.63) is 53.2 Å². The number of aromatic nitrogens is 1. The van der Waals surface area contributed by atoms with E-state index >= 15 is 0 Å². The average Bonchev–Trinajstić information content (AvgIpc) is 2.52. The van der Waals surface area contributed by atoms with E-state index in [-0.39, 0.29) is 11.9 Å². The topological polar surface area (TPSA) is 71.1 Å². The van der Waals surface area contributed by atoms with Crippen LogP contribution >= 0.6 is 0 Å². The van der Waals surface area contributed by atoms with Gasteiger partial charge in [0.15, 0.2) is 0 Å². The van der Waals surface area contributed by atoms with Gasteiger partial charge < -0.3 is 10.6 Å². The summed E-state index contributed by atoms with van der Waals surface area (Å²) in [5.41, 5.74) is -3.54. The summed E-state index contributed by atoms with van der Waals surface area (Å²) in [5, 5.41) is 3.81. The molecular weight excluding hydrogens is 380 g/mol. The molecule has 1 aromatic heterocycles. The SMILES string of the molecule is Cc1cccc(NC(=O)C(=O)Nc2cc(C(F)(F)F)cc(C(F)(F)F)c2)n1. The molecule has 0 aliphatic heterocycles. The summed E-state index contributed by atoms with van der Waals surface area (Å²) in [4.78, 5) is 27.5. The number of nitrogens with zero attached hydrogens (tertiary/aromatic N) is 1. The molecule has 0 saturated carbocycles. The van der Waals surface area contributed by atoms with Gasteiger partial charge >= 0.3 is 24.2 Å². The van der Waals surface area contributed by atoms with Crippen molar-refractivity contribution < 1.29 is 35.9 Å². The summed E-state index contributed by atoms with van der Waals surface area (Å²) < 4.78 is 76.7. The second kappa shape index (κ2) is 7.25. The van der Waals surface area contributed by atoms with Gasteiger partial charge in [-0.25, -0.2) is 4.98 Å². The Labute approximate surface area is 148 Å². The maximum absolute atomic E-state index is 12.8. The van der Waals surface area contributed by atoms with Crippen molar-refractivity contribution in [3.63, 3.8) is 0 Å². The van der Waals surface area contributed by atoms with E-state index in [0.717, 1.165) is 0 Å². The van der Waals surface area contributed by atoms with E-state index in [0.29, 0.717) is 17.8 Å². The molecule has 0 radical (unpaired) electrons. The first-order chi connectivity index (χ1) is 12.4. The van der Waals surface area contributed by atoms with Gasteiger partial charge in [-0.1, -0.05) is 6.07 Å². The number of carbonyl (C=O) groups is 2. The number of halogens is 6. The second-order valence-corrected chi connectivity index (χ2v) is 5.37. The number of nitrogens with one attached hydrogen (secondary N) is 2. The summed E-state index contributed by atoms with van der Waals surface area (Å²) in [5.74, 6) is -2.76. The van der Waals surface area contributed by atoms with E-state index in [1.807, 2.05) is 0 Å². The summed E-state index contributed by atoms with van der Waals surface area (Å²) in [6.07, 6.45) is -10.1. The number of hydrogen-bond acceptors (Lipinski definition) is 3. The van der Waals surface area contributed by atoms with Crippen molar-refractivity contribution in [2.75, 3.05) is 10.6 Å². The third-order valence-electron chi connectivity index (χ3n) is 3.18. The van der Waals surface area contributed by atoms with Crippen molar-refractivity contribution >= 4 is 23.3 Å². The molecule has 0 aliphatic carbocycles. The van der Waals surface area contributed by atoms with Gasteiger partial charge in [0.25, 0.3) is 0 Å². The van der Waals surface area contributed by atoms with Crippen molar-refractivity contribution in [2.45, 2.75) is 19.3 Å². The lowest BCUT2D eigenvalue weighted by atomic mass is 10.1. The Morgan fingerprint density at radius 1 is 0.852 bits per heavy atom. The fraction of sp³-hybridized carbons (Fsp3) is 0.188. The number of aryl methyl sites for hydroxylation is 1. The minimum Gasteiger partial charge on any atom is -0.318 e. The van der Waals surface area contributed by atoms with Crippen LogP contribution in [-0.4, -0.2) is 16.8 Å². The molecule has 0 bridgehead atoms. The first-order valence-electron chi connectivity index (χ1n) is 7.22. The Balaban J connectivity index is 2.24. The monoisotopic (exact) mass is 391 g/mol. The maximum Gasteiger partial charge on any atom is 0.416 e. The lowest BCUT2D eigenvalue weighted by molar-refractivity contribution is -0.143. The van der Waals surface area contributed by atoms with Gasteiger partial charge in [0.05, 0.1) is 11.1 Å². The molecule has 5 nitrogen and oxygen atoms in total. The first-order valence-corrected chi connectivity index (χ1v) is 7.22. The largest absolute Gasteiger partial charge is 0.416 e. The minimum absolute atomic E-state index is 0.00447. The fourth-order valence-corrected chi connectivity index (χ4v) is 2.00. The molecule has 27 heavy (non-hydrogen) atoms. The number of carbonyl (C=O) groups excluding carboxylic acids is 2.